The topological polar surface area (TPSA) is 111 Å². The zero-order valence-electron chi connectivity index (χ0n) is 22.3. The minimum Gasteiger partial charge on any atom is -0.487 e. The lowest BCUT2D eigenvalue weighted by molar-refractivity contribution is -0.142. The Morgan fingerprint density at radius 3 is 2.42 bits per heavy atom. The molecule has 3 atom stereocenters. The fourth-order valence-electron chi connectivity index (χ4n) is 4.10. The largest absolute Gasteiger partial charge is 0.487 e. The van der Waals surface area contributed by atoms with Crippen molar-refractivity contribution >= 4 is 29.2 Å². The number of nitrogens with zero attached hydrogens (tertiary/aromatic N) is 2. The van der Waals surface area contributed by atoms with E-state index in [0.717, 1.165) is 0 Å². The van der Waals surface area contributed by atoms with Crippen molar-refractivity contribution in [3.05, 3.63) is 53.8 Å². The summed E-state index contributed by atoms with van der Waals surface area (Å²) in [4.78, 5) is 41.1. The maximum Gasteiger partial charge on any atom is 0.389 e. The van der Waals surface area contributed by atoms with Crippen LogP contribution in [0.2, 0.25) is 0 Å². The standard InChI is InChI=1S/C27H32F4N4O5/c1-16-13-35(17(2)15-36)25(38)21-12-20(32-24(37)10-11-27(29,30)31)8-9-22(21)40-23(16)14-34(3)26(39)33-19-6-4-18(28)5-7-19/h4-9,12,16-17,23,36H,10-11,13-15H2,1-3H3,(H,32,37)(H,33,39)/t16-,17-,23+/m0/s1. The molecule has 40 heavy (non-hydrogen) atoms. The molecule has 0 radical (unpaired) electrons. The normalized spacial score (nSPS) is 18.1. The van der Waals surface area contributed by atoms with E-state index in [4.69, 9.17) is 4.74 Å². The number of halogens is 4. The van der Waals surface area contributed by atoms with Gasteiger partial charge in [0.15, 0.2) is 0 Å². The monoisotopic (exact) mass is 568 g/mol. The Bertz CT molecular complexity index is 1210. The van der Waals surface area contributed by atoms with Crippen LogP contribution in [0.3, 0.4) is 0 Å². The summed E-state index contributed by atoms with van der Waals surface area (Å²) in [5.41, 5.74) is 0.554. The minimum absolute atomic E-state index is 0.0456. The summed E-state index contributed by atoms with van der Waals surface area (Å²) in [6.07, 6.45) is -7.15. The van der Waals surface area contributed by atoms with E-state index in [9.17, 15) is 37.1 Å². The first-order valence-electron chi connectivity index (χ1n) is 12.6. The maximum atomic E-state index is 13.5. The SMILES string of the molecule is C[C@H]1CN([C@@H](C)CO)C(=O)c2cc(NC(=O)CCC(F)(F)F)ccc2O[C@@H]1CN(C)C(=O)Nc1ccc(F)cc1. The van der Waals surface area contributed by atoms with Gasteiger partial charge in [0.1, 0.15) is 17.7 Å². The fraction of sp³-hybridized carbons (Fsp3) is 0.444. The van der Waals surface area contributed by atoms with Gasteiger partial charge in [-0.05, 0) is 49.4 Å². The number of urea groups is 1. The Morgan fingerprint density at radius 1 is 1.15 bits per heavy atom. The van der Waals surface area contributed by atoms with Gasteiger partial charge in [0.05, 0.1) is 31.2 Å². The van der Waals surface area contributed by atoms with Crippen LogP contribution in [-0.2, 0) is 4.79 Å². The maximum absolute atomic E-state index is 13.5. The summed E-state index contributed by atoms with van der Waals surface area (Å²) in [6, 6.07) is 8.38. The van der Waals surface area contributed by atoms with Crippen LogP contribution < -0.4 is 15.4 Å². The number of nitrogens with one attached hydrogen (secondary N) is 2. The summed E-state index contributed by atoms with van der Waals surface area (Å²) < 4.78 is 56.8. The molecule has 9 nitrogen and oxygen atoms in total. The van der Waals surface area contributed by atoms with E-state index >= 15 is 0 Å². The molecule has 0 aromatic heterocycles. The first kappa shape index (κ1) is 30.7. The van der Waals surface area contributed by atoms with E-state index in [2.05, 4.69) is 10.6 Å². The van der Waals surface area contributed by atoms with Crippen LogP contribution in [0.5, 0.6) is 5.75 Å². The van der Waals surface area contributed by atoms with E-state index < -0.39 is 54.8 Å². The predicted octanol–water partition coefficient (Wildman–Crippen LogP) is 4.49. The number of hydrogen-bond acceptors (Lipinski definition) is 5. The van der Waals surface area contributed by atoms with Gasteiger partial charge in [-0.3, -0.25) is 9.59 Å². The summed E-state index contributed by atoms with van der Waals surface area (Å²) in [7, 11) is 1.55. The van der Waals surface area contributed by atoms with Gasteiger partial charge in [0, 0.05) is 37.3 Å². The Morgan fingerprint density at radius 2 is 1.80 bits per heavy atom. The second-order valence-corrected chi connectivity index (χ2v) is 9.81. The van der Waals surface area contributed by atoms with Crippen molar-refractivity contribution in [3.63, 3.8) is 0 Å². The number of alkyl halides is 3. The molecule has 2 aromatic rings. The van der Waals surface area contributed by atoms with Crippen LogP contribution in [0.15, 0.2) is 42.5 Å². The lowest BCUT2D eigenvalue weighted by Gasteiger charge is -2.38. The van der Waals surface area contributed by atoms with Crippen molar-refractivity contribution in [2.24, 2.45) is 5.92 Å². The van der Waals surface area contributed by atoms with E-state index in [1.807, 2.05) is 6.92 Å². The predicted molar refractivity (Wildman–Crippen MR) is 140 cm³/mol. The molecule has 0 bridgehead atoms. The number of aliphatic hydroxyl groups excluding tert-OH is 1. The zero-order valence-corrected chi connectivity index (χ0v) is 22.3. The molecule has 0 saturated carbocycles. The lowest BCUT2D eigenvalue weighted by atomic mass is 9.99. The molecule has 0 fully saturated rings. The molecular weight excluding hydrogens is 536 g/mol. The number of ether oxygens (including phenoxy) is 1. The second kappa shape index (κ2) is 13.0. The van der Waals surface area contributed by atoms with E-state index in [-0.39, 0.29) is 42.6 Å². The molecule has 0 saturated heterocycles. The first-order valence-corrected chi connectivity index (χ1v) is 12.6. The number of amides is 4. The van der Waals surface area contributed by atoms with Crippen LogP contribution in [0.1, 0.15) is 37.0 Å². The third-order valence-electron chi connectivity index (χ3n) is 6.48. The number of likely N-dealkylation sites (N-methyl/N-ethyl adjacent to an activating group) is 1. The molecule has 1 heterocycles. The summed E-state index contributed by atoms with van der Waals surface area (Å²) in [6.45, 7) is 3.43. The van der Waals surface area contributed by atoms with Crippen molar-refractivity contribution in [2.45, 2.75) is 45.0 Å². The van der Waals surface area contributed by atoms with E-state index in [0.29, 0.717) is 5.69 Å². The van der Waals surface area contributed by atoms with E-state index in [1.165, 1.54) is 52.3 Å². The number of benzene rings is 2. The molecule has 2 aromatic carbocycles. The Hall–Kier alpha value is -3.87. The minimum atomic E-state index is -4.48. The van der Waals surface area contributed by atoms with Crippen molar-refractivity contribution in [1.29, 1.82) is 0 Å². The molecule has 0 unspecified atom stereocenters. The Balaban J connectivity index is 1.83. The van der Waals surface area contributed by atoms with Crippen LogP contribution in [-0.4, -0.2) is 77.8 Å². The lowest BCUT2D eigenvalue weighted by Crippen LogP contribution is -2.50. The van der Waals surface area contributed by atoms with Gasteiger partial charge in [-0.1, -0.05) is 6.92 Å². The molecule has 218 valence electrons. The van der Waals surface area contributed by atoms with Gasteiger partial charge in [0.25, 0.3) is 5.91 Å². The molecule has 0 aliphatic carbocycles. The smallest absolute Gasteiger partial charge is 0.389 e. The van der Waals surface area contributed by atoms with Gasteiger partial charge in [0.2, 0.25) is 5.91 Å². The summed E-state index contributed by atoms with van der Waals surface area (Å²) >= 11 is 0. The quantitative estimate of drug-likeness (QED) is 0.407. The number of anilines is 2. The molecule has 3 rings (SSSR count). The fourth-order valence-corrected chi connectivity index (χ4v) is 4.10. The molecule has 1 aliphatic heterocycles. The number of rotatable bonds is 8. The van der Waals surface area contributed by atoms with Crippen molar-refractivity contribution in [1.82, 2.24) is 9.80 Å². The highest BCUT2D eigenvalue weighted by Gasteiger charge is 2.34. The third-order valence-corrected chi connectivity index (χ3v) is 6.48. The van der Waals surface area contributed by atoms with Crippen molar-refractivity contribution in [3.8, 4) is 5.75 Å². The van der Waals surface area contributed by atoms with Crippen LogP contribution >= 0.6 is 0 Å². The number of carbonyl (C=O) groups is 3. The van der Waals surface area contributed by atoms with Gasteiger partial charge >= 0.3 is 12.2 Å². The van der Waals surface area contributed by atoms with Crippen LogP contribution in [0.4, 0.5) is 33.7 Å². The number of carbonyl (C=O) groups excluding carboxylic acids is 3. The van der Waals surface area contributed by atoms with Crippen LogP contribution in [0, 0.1) is 11.7 Å². The van der Waals surface area contributed by atoms with Crippen molar-refractivity contribution in [2.75, 3.05) is 37.4 Å². The Kier molecular flexibility index (Phi) is 9.96. The number of aliphatic hydroxyl groups is 1. The van der Waals surface area contributed by atoms with Gasteiger partial charge in [-0.25, -0.2) is 9.18 Å². The molecule has 1 aliphatic rings. The highest BCUT2D eigenvalue weighted by Crippen LogP contribution is 2.31. The summed E-state index contributed by atoms with van der Waals surface area (Å²) in [5.74, 6) is -1.94. The highest BCUT2D eigenvalue weighted by atomic mass is 19.4. The zero-order chi connectivity index (χ0) is 29.6. The number of hydrogen-bond donors (Lipinski definition) is 3. The van der Waals surface area contributed by atoms with Gasteiger partial charge < -0.3 is 30.3 Å². The van der Waals surface area contributed by atoms with E-state index in [1.54, 1.807) is 14.0 Å². The first-order chi connectivity index (χ1) is 18.8. The molecule has 13 heteroatoms. The third kappa shape index (κ3) is 8.31. The van der Waals surface area contributed by atoms with Crippen LogP contribution in [0.25, 0.3) is 0 Å². The summed E-state index contributed by atoms with van der Waals surface area (Å²) in [5, 5.41) is 14.8. The highest BCUT2D eigenvalue weighted by molar-refractivity contribution is 6.00. The molecule has 0 spiro atoms. The molecular formula is C27H32F4N4O5. The van der Waals surface area contributed by atoms with Gasteiger partial charge in [-0.2, -0.15) is 13.2 Å². The molecule has 4 amide bonds. The second-order valence-electron chi connectivity index (χ2n) is 9.81. The average molecular weight is 569 g/mol. The number of fused-ring (bicyclic) bond motifs is 1. The Labute approximate surface area is 229 Å². The molecule has 3 N–H and O–H groups in total. The van der Waals surface area contributed by atoms with Gasteiger partial charge in [-0.15, -0.1) is 0 Å². The van der Waals surface area contributed by atoms with Crippen molar-refractivity contribution < 1.29 is 41.8 Å². The average Bonchev–Trinajstić information content (AvgIpc) is 2.90.